The third-order valence-corrected chi connectivity index (χ3v) is 12.4. The van der Waals surface area contributed by atoms with Crippen LogP contribution in [-0.4, -0.2) is 85.4 Å². The Kier molecular flexibility index (Phi) is 8.25. The Hall–Kier alpha value is -1.83. The molecule has 0 aliphatic carbocycles. The van der Waals surface area contributed by atoms with E-state index in [-0.39, 0.29) is 48.0 Å². The maximum atomic E-state index is 15.5. The molecular weight excluding hydrogens is 576 g/mol. The summed E-state index contributed by atoms with van der Waals surface area (Å²) in [5.74, 6) is -3.50. The largest absolute Gasteiger partial charge is 0.490 e. The van der Waals surface area contributed by atoms with E-state index in [2.05, 4.69) is 0 Å². The molecule has 1 unspecified atom stereocenters. The van der Waals surface area contributed by atoms with Gasteiger partial charge in [-0.1, -0.05) is 11.6 Å². The van der Waals surface area contributed by atoms with E-state index < -0.39 is 53.8 Å². The molecule has 0 spiro atoms. The van der Waals surface area contributed by atoms with Crippen molar-refractivity contribution in [2.45, 2.75) is 28.6 Å². The zero-order valence-electron chi connectivity index (χ0n) is 21.2. The lowest BCUT2D eigenvalue weighted by molar-refractivity contribution is -0.0732. The van der Waals surface area contributed by atoms with Crippen molar-refractivity contribution in [1.82, 2.24) is 4.90 Å². The van der Waals surface area contributed by atoms with Crippen LogP contribution in [0.2, 0.25) is 5.02 Å². The lowest BCUT2D eigenvalue weighted by atomic mass is 9.75. The Bertz CT molecular complexity index is 1420. The summed E-state index contributed by atoms with van der Waals surface area (Å²) in [5.41, 5.74) is -0.378. The summed E-state index contributed by atoms with van der Waals surface area (Å²) in [5, 5.41) is 0.319. The molecule has 0 saturated carbocycles. The fourth-order valence-electron chi connectivity index (χ4n) is 5.83. The van der Waals surface area contributed by atoms with Gasteiger partial charge in [0.05, 0.1) is 47.9 Å². The van der Waals surface area contributed by atoms with Gasteiger partial charge in [0.2, 0.25) is 0 Å². The number of benzene rings is 2. The third-order valence-electron chi connectivity index (χ3n) is 7.88. The first-order valence-electron chi connectivity index (χ1n) is 12.8. The van der Waals surface area contributed by atoms with Gasteiger partial charge in [0, 0.05) is 37.2 Å². The van der Waals surface area contributed by atoms with E-state index in [1.54, 1.807) is 0 Å². The molecule has 13 heteroatoms. The van der Waals surface area contributed by atoms with Gasteiger partial charge in [-0.25, -0.2) is 25.6 Å². The Morgan fingerprint density at radius 3 is 2.36 bits per heavy atom. The number of ether oxygens (including phenoxy) is 3. The third kappa shape index (κ3) is 5.43. The summed E-state index contributed by atoms with van der Waals surface area (Å²) in [6, 6.07) is 7.28. The molecule has 0 N–H and O–H groups in total. The first kappa shape index (κ1) is 28.7. The van der Waals surface area contributed by atoms with Crippen LogP contribution in [0.4, 0.5) is 8.78 Å². The second-order valence-corrected chi connectivity index (χ2v) is 15.0. The highest BCUT2D eigenvalue weighted by Gasteiger charge is 2.61. The first-order chi connectivity index (χ1) is 18.5. The maximum absolute atomic E-state index is 15.5. The van der Waals surface area contributed by atoms with Crippen molar-refractivity contribution >= 4 is 31.3 Å². The Labute approximate surface area is 232 Å². The Morgan fingerprint density at radius 1 is 0.949 bits per heavy atom. The molecule has 2 aromatic carbocycles. The van der Waals surface area contributed by atoms with Gasteiger partial charge < -0.3 is 14.2 Å². The van der Waals surface area contributed by atoms with Crippen LogP contribution < -0.4 is 4.74 Å². The molecule has 0 amide bonds. The molecule has 2 saturated heterocycles. The fraction of sp³-hybridized carbons (Fsp3) is 0.538. The molecule has 8 nitrogen and oxygen atoms in total. The van der Waals surface area contributed by atoms with Gasteiger partial charge in [-0.15, -0.1) is 0 Å². The summed E-state index contributed by atoms with van der Waals surface area (Å²) >= 11 is 5.98. The van der Waals surface area contributed by atoms with Gasteiger partial charge >= 0.3 is 0 Å². The summed E-state index contributed by atoms with van der Waals surface area (Å²) in [6.07, 6.45) is -1.04. The summed E-state index contributed by atoms with van der Waals surface area (Å²) in [4.78, 5) is 1.91. The number of nitrogens with zero attached hydrogens (tertiary/aromatic N) is 1. The smallest absolute Gasteiger partial charge is 0.189 e. The lowest BCUT2D eigenvalue weighted by Crippen LogP contribution is -2.57. The van der Waals surface area contributed by atoms with Gasteiger partial charge in [-0.05, 0) is 49.2 Å². The van der Waals surface area contributed by atoms with Crippen LogP contribution in [0.25, 0.3) is 0 Å². The minimum absolute atomic E-state index is 0.0103. The maximum Gasteiger partial charge on any atom is 0.189 e. The number of morpholine rings is 1. The summed E-state index contributed by atoms with van der Waals surface area (Å²) < 4.78 is 99.7. The normalized spacial score (nSPS) is 25.9. The van der Waals surface area contributed by atoms with Crippen molar-refractivity contribution in [2.75, 3.05) is 57.6 Å². The monoisotopic (exact) mass is 605 g/mol. The second kappa shape index (κ2) is 11.2. The van der Waals surface area contributed by atoms with Crippen molar-refractivity contribution in [1.29, 1.82) is 0 Å². The van der Waals surface area contributed by atoms with Crippen molar-refractivity contribution in [3.8, 4) is 5.75 Å². The van der Waals surface area contributed by atoms with E-state index in [1.807, 2.05) is 4.90 Å². The highest BCUT2D eigenvalue weighted by atomic mass is 35.5. The van der Waals surface area contributed by atoms with Crippen molar-refractivity contribution in [3.63, 3.8) is 0 Å². The van der Waals surface area contributed by atoms with Crippen LogP contribution in [-0.2, 0) is 33.9 Å². The van der Waals surface area contributed by atoms with Crippen LogP contribution in [0.5, 0.6) is 5.75 Å². The average molecular weight is 606 g/mol. The van der Waals surface area contributed by atoms with E-state index in [9.17, 15) is 21.2 Å². The Morgan fingerprint density at radius 2 is 1.64 bits per heavy atom. The van der Waals surface area contributed by atoms with Crippen molar-refractivity contribution in [3.05, 3.63) is 58.6 Å². The van der Waals surface area contributed by atoms with E-state index in [1.165, 1.54) is 24.3 Å². The van der Waals surface area contributed by atoms with Crippen LogP contribution >= 0.6 is 11.6 Å². The standard InChI is InChI=1S/C26H30ClF2NO7S2/c27-18-1-3-19(4-2-18)39(33,34)26-8-12-36-23(7-15-38(31,32)16-11-30-9-13-35-14-10-30)20(26)17-37-25-22(29)6-5-21(28)24(25)26/h1-6,20,23H,7-17H2/t20-,23?,26-/m0/s1. The second-order valence-electron chi connectivity index (χ2n) is 10.1. The molecule has 39 heavy (non-hydrogen) atoms. The van der Waals surface area contributed by atoms with Gasteiger partial charge in [-0.3, -0.25) is 4.90 Å². The Balaban J connectivity index is 1.48. The molecule has 3 aliphatic rings. The molecule has 3 atom stereocenters. The predicted octanol–water partition coefficient (Wildman–Crippen LogP) is 3.22. The van der Waals surface area contributed by atoms with Gasteiger partial charge in [0.25, 0.3) is 0 Å². The summed E-state index contributed by atoms with van der Waals surface area (Å²) in [7, 11) is -7.87. The van der Waals surface area contributed by atoms with Crippen molar-refractivity contribution in [2.24, 2.45) is 5.92 Å². The number of rotatable bonds is 8. The molecule has 2 fully saturated rings. The van der Waals surface area contributed by atoms with Crippen LogP contribution in [0.15, 0.2) is 41.3 Å². The van der Waals surface area contributed by atoms with Gasteiger partial charge in [0.1, 0.15) is 10.6 Å². The number of fused-ring (bicyclic) bond motifs is 3. The molecular formula is C26H30ClF2NO7S2. The quantitative estimate of drug-likeness (QED) is 0.452. The lowest BCUT2D eigenvalue weighted by Gasteiger charge is -2.50. The van der Waals surface area contributed by atoms with Crippen LogP contribution in [0, 0.1) is 17.6 Å². The average Bonchev–Trinajstić information content (AvgIpc) is 2.93. The van der Waals surface area contributed by atoms with E-state index in [0.29, 0.717) is 37.9 Å². The zero-order valence-corrected chi connectivity index (χ0v) is 23.5. The van der Waals surface area contributed by atoms with Gasteiger partial charge in [-0.2, -0.15) is 0 Å². The number of hydrogen-bond acceptors (Lipinski definition) is 8. The molecule has 3 heterocycles. The number of hydrogen-bond donors (Lipinski definition) is 0. The molecule has 0 bridgehead atoms. The topological polar surface area (TPSA) is 99.2 Å². The van der Waals surface area contributed by atoms with E-state index in [0.717, 1.165) is 12.1 Å². The highest BCUT2D eigenvalue weighted by Crippen LogP contribution is 2.55. The van der Waals surface area contributed by atoms with E-state index >= 15 is 4.39 Å². The molecule has 0 aromatic heterocycles. The highest BCUT2D eigenvalue weighted by molar-refractivity contribution is 7.92. The minimum Gasteiger partial charge on any atom is -0.490 e. The molecule has 2 aromatic rings. The SMILES string of the molecule is O=S(=O)(CCC1OCC[C@@]2(S(=O)(=O)c3ccc(Cl)cc3)c3c(F)ccc(F)c3OC[C@@H]12)CCN1CCOCC1. The number of halogens is 3. The number of sulfone groups is 2. The zero-order chi connectivity index (χ0) is 27.8. The molecule has 3 aliphatic heterocycles. The van der Waals surface area contributed by atoms with Crippen LogP contribution in [0.3, 0.4) is 0 Å². The van der Waals surface area contributed by atoms with E-state index in [4.69, 9.17) is 25.8 Å². The predicted molar refractivity (Wildman–Crippen MR) is 141 cm³/mol. The molecule has 214 valence electrons. The van der Waals surface area contributed by atoms with Crippen molar-refractivity contribution < 1.29 is 39.8 Å². The molecule has 0 radical (unpaired) electrons. The minimum atomic E-state index is -4.36. The van der Waals surface area contributed by atoms with Crippen LogP contribution in [0.1, 0.15) is 18.4 Å². The fourth-order valence-corrected chi connectivity index (χ4v) is 9.63. The van der Waals surface area contributed by atoms with Gasteiger partial charge in [0.15, 0.2) is 31.2 Å². The first-order valence-corrected chi connectivity index (χ1v) is 16.5. The summed E-state index contributed by atoms with van der Waals surface area (Å²) in [6.45, 7) is 2.44. The molecule has 5 rings (SSSR count).